The Balaban J connectivity index is 1.74. The van der Waals surface area contributed by atoms with E-state index < -0.39 is 7.75 Å². The quantitative estimate of drug-likeness (QED) is 0.598. The summed E-state index contributed by atoms with van der Waals surface area (Å²) in [6.07, 6.45) is 2.92. The highest BCUT2D eigenvalue weighted by Crippen LogP contribution is 2.50. The Bertz CT molecular complexity index is 1060. The lowest BCUT2D eigenvalue weighted by atomic mass is 9.87. The molecular weight excluding hydrogens is 441 g/mol. The summed E-state index contributed by atoms with van der Waals surface area (Å²) in [5.41, 5.74) is 4.23. The molecule has 0 radical (unpaired) electrons. The van der Waals surface area contributed by atoms with Gasteiger partial charge in [0.1, 0.15) is 5.84 Å². The van der Waals surface area contributed by atoms with Crippen molar-refractivity contribution in [2.45, 2.75) is 31.8 Å². The van der Waals surface area contributed by atoms with Crippen molar-refractivity contribution in [2.24, 2.45) is 4.76 Å². The van der Waals surface area contributed by atoms with Gasteiger partial charge in [-0.1, -0.05) is 24.3 Å². The number of likely N-dealkylation sites (N-methyl/N-ethyl adjacent to an activating group) is 1. The van der Waals surface area contributed by atoms with Crippen LogP contribution in [0.3, 0.4) is 0 Å². The number of aromatic hydroxyl groups is 1. The van der Waals surface area contributed by atoms with Crippen LogP contribution in [0, 0.1) is 0 Å². The van der Waals surface area contributed by atoms with Gasteiger partial charge >= 0.3 is 7.75 Å². The number of amidine groups is 1. The Kier molecular flexibility index (Phi) is 7.10. The monoisotopic (exact) mass is 473 g/mol. The first kappa shape index (κ1) is 23.8. The van der Waals surface area contributed by atoms with Gasteiger partial charge in [-0.05, 0) is 60.3 Å². The van der Waals surface area contributed by atoms with E-state index in [1.165, 1.54) is 39.7 Å². The lowest BCUT2D eigenvalue weighted by Gasteiger charge is -2.38. The summed E-state index contributed by atoms with van der Waals surface area (Å²) < 4.78 is 32.6. The van der Waals surface area contributed by atoms with E-state index in [2.05, 4.69) is 33.9 Å². The summed E-state index contributed by atoms with van der Waals surface area (Å²) in [7, 11) is 2.47. The molecule has 4 rings (SSSR count). The predicted molar refractivity (Wildman–Crippen MR) is 128 cm³/mol. The van der Waals surface area contributed by atoms with Crippen LogP contribution in [-0.2, 0) is 26.6 Å². The van der Waals surface area contributed by atoms with Gasteiger partial charge in [0.15, 0.2) is 11.5 Å². The number of benzene rings is 2. The molecule has 1 saturated heterocycles. The van der Waals surface area contributed by atoms with Crippen LogP contribution in [0.4, 0.5) is 0 Å². The minimum absolute atomic E-state index is 0.0570. The predicted octanol–water partition coefficient (Wildman–Crippen LogP) is 4.37. The second kappa shape index (κ2) is 9.85. The van der Waals surface area contributed by atoms with E-state index >= 15 is 0 Å². The van der Waals surface area contributed by atoms with E-state index in [1.807, 2.05) is 18.0 Å². The number of phenolic OH excluding ortho intramolecular Hbond substituents is 1. The third kappa shape index (κ3) is 4.94. The largest absolute Gasteiger partial charge is 0.504 e. The van der Waals surface area contributed by atoms with Crippen molar-refractivity contribution in [3.05, 3.63) is 58.7 Å². The number of fused-ring (bicyclic) bond motifs is 1. The molecule has 178 valence electrons. The molecule has 0 bridgehead atoms. The zero-order valence-corrected chi connectivity index (χ0v) is 20.5. The van der Waals surface area contributed by atoms with Crippen molar-refractivity contribution < 1.29 is 23.5 Å². The molecule has 0 amide bonds. The van der Waals surface area contributed by atoms with Crippen molar-refractivity contribution in [2.75, 3.05) is 41.5 Å². The number of hydrogen-bond acceptors (Lipinski definition) is 6. The maximum Gasteiger partial charge on any atom is 0.454 e. The third-order valence-corrected chi connectivity index (χ3v) is 7.88. The van der Waals surface area contributed by atoms with Gasteiger partial charge in [-0.2, -0.15) is 4.76 Å². The molecule has 0 saturated carbocycles. The zero-order valence-electron chi connectivity index (χ0n) is 19.7. The zero-order chi connectivity index (χ0) is 23.6. The van der Waals surface area contributed by atoms with Crippen LogP contribution in [0.25, 0.3) is 0 Å². The molecule has 33 heavy (non-hydrogen) atoms. The van der Waals surface area contributed by atoms with Gasteiger partial charge in [-0.15, -0.1) is 0 Å². The average molecular weight is 474 g/mol. The van der Waals surface area contributed by atoms with Crippen LogP contribution in [0.2, 0.25) is 0 Å². The molecular formula is C24H32N3O5P. The molecule has 2 aliphatic rings. The smallest absolute Gasteiger partial charge is 0.454 e. The minimum atomic E-state index is -3.62. The fourth-order valence-corrected chi connectivity index (χ4v) is 5.47. The maximum absolute atomic E-state index is 12.8. The standard InChI is InChI=1S/C24H32N3O5P/c1-26-23(25-33(29,31-3)32-4)14-19-13-21(28)22(30-2)15-20(19)24(26)18-9-7-17(8-10-18)16-27-11-5-6-12-27/h7-10,13,15,24,28H,5-6,11-12,14,16H2,1-4H3/b25-23-. The summed E-state index contributed by atoms with van der Waals surface area (Å²) in [6, 6.07) is 11.9. The lowest BCUT2D eigenvalue weighted by Crippen LogP contribution is -2.38. The van der Waals surface area contributed by atoms with Crippen LogP contribution < -0.4 is 4.74 Å². The van der Waals surface area contributed by atoms with Crippen LogP contribution in [-0.4, -0.2) is 62.2 Å². The van der Waals surface area contributed by atoms with Gasteiger partial charge < -0.3 is 14.7 Å². The molecule has 2 aliphatic heterocycles. The normalized spacial score (nSPS) is 20.3. The second-order valence-corrected chi connectivity index (χ2v) is 10.4. The molecule has 1 N–H and O–H groups in total. The molecule has 0 spiro atoms. The van der Waals surface area contributed by atoms with Crippen molar-refractivity contribution in [3.8, 4) is 11.5 Å². The number of phenols is 1. The number of rotatable bonds is 7. The Labute approximate surface area is 195 Å². The first-order valence-electron chi connectivity index (χ1n) is 11.1. The summed E-state index contributed by atoms with van der Waals surface area (Å²) >= 11 is 0. The summed E-state index contributed by atoms with van der Waals surface area (Å²) in [5.74, 6) is 1.03. The topological polar surface area (TPSA) is 83.8 Å². The first-order chi connectivity index (χ1) is 15.9. The van der Waals surface area contributed by atoms with Crippen LogP contribution in [0.5, 0.6) is 11.5 Å². The molecule has 2 aromatic rings. The van der Waals surface area contributed by atoms with E-state index in [9.17, 15) is 9.67 Å². The number of methoxy groups -OCH3 is 1. The average Bonchev–Trinajstić information content (AvgIpc) is 3.33. The third-order valence-electron chi connectivity index (χ3n) is 6.48. The second-order valence-electron chi connectivity index (χ2n) is 8.49. The molecule has 1 unspecified atom stereocenters. The Hall–Kier alpha value is -2.38. The lowest BCUT2D eigenvalue weighted by molar-refractivity contribution is 0.276. The molecule has 2 heterocycles. The van der Waals surface area contributed by atoms with E-state index in [-0.39, 0.29) is 11.8 Å². The van der Waals surface area contributed by atoms with Gasteiger partial charge in [0.05, 0.1) is 13.2 Å². The van der Waals surface area contributed by atoms with Gasteiger partial charge in [0.25, 0.3) is 0 Å². The van der Waals surface area contributed by atoms with Crippen molar-refractivity contribution >= 4 is 13.6 Å². The van der Waals surface area contributed by atoms with E-state index in [0.29, 0.717) is 18.0 Å². The van der Waals surface area contributed by atoms with Crippen molar-refractivity contribution in [1.29, 1.82) is 0 Å². The van der Waals surface area contributed by atoms with Crippen LogP contribution in [0.1, 0.15) is 41.1 Å². The van der Waals surface area contributed by atoms with E-state index in [0.717, 1.165) is 36.3 Å². The number of hydrogen-bond donors (Lipinski definition) is 1. The fourth-order valence-electron chi connectivity index (χ4n) is 4.66. The van der Waals surface area contributed by atoms with Crippen molar-refractivity contribution in [3.63, 3.8) is 0 Å². The number of ether oxygens (including phenoxy) is 1. The molecule has 8 nitrogen and oxygen atoms in total. The summed E-state index contributed by atoms with van der Waals surface area (Å²) in [5, 5.41) is 10.4. The fraction of sp³-hybridized carbons (Fsp3) is 0.458. The van der Waals surface area contributed by atoms with Gasteiger partial charge in [0.2, 0.25) is 0 Å². The van der Waals surface area contributed by atoms with E-state index in [1.54, 1.807) is 6.07 Å². The van der Waals surface area contributed by atoms with Crippen molar-refractivity contribution in [1.82, 2.24) is 9.80 Å². The van der Waals surface area contributed by atoms with E-state index in [4.69, 9.17) is 13.8 Å². The van der Waals surface area contributed by atoms with Crippen LogP contribution in [0.15, 0.2) is 41.2 Å². The molecule has 0 aliphatic carbocycles. The minimum Gasteiger partial charge on any atom is -0.504 e. The highest BCUT2D eigenvalue weighted by Gasteiger charge is 2.34. The molecule has 0 aromatic heterocycles. The maximum atomic E-state index is 12.8. The summed E-state index contributed by atoms with van der Waals surface area (Å²) in [4.78, 5) is 4.46. The summed E-state index contributed by atoms with van der Waals surface area (Å²) in [6.45, 7) is 3.27. The van der Waals surface area contributed by atoms with Gasteiger partial charge in [-0.3, -0.25) is 13.9 Å². The molecule has 9 heteroatoms. The Morgan fingerprint density at radius 1 is 1.09 bits per heavy atom. The number of likely N-dealkylation sites (tertiary alicyclic amines) is 1. The molecule has 1 atom stereocenters. The number of nitrogens with zero attached hydrogens (tertiary/aromatic N) is 3. The Morgan fingerprint density at radius 2 is 1.76 bits per heavy atom. The molecule has 2 aromatic carbocycles. The van der Waals surface area contributed by atoms with Crippen LogP contribution >= 0.6 is 7.75 Å². The molecule has 1 fully saturated rings. The Morgan fingerprint density at radius 3 is 2.36 bits per heavy atom. The van der Waals surface area contributed by atoms with Gasteiger partial charge in [-0.25, -0.2) is 4.57 Å². The highest BCUT2D eigenvalue weighted by atomic mass is 31.2. The highest BCUT2D eigenvalue weighted by molar-refractivity contribution is 7.52. The first-order valence-corrected chi connectivity index (χ1v) is 12.6. The SMILES string of the molecule is COc1cc2c(cc1O)C/C(=N/P(=O)(OC)OC)N(C)C2c1ccc(CN2CCCC2)cc1. The van der Waals surface area contributed by atoms with Gasteiger partial charge in [0, 0.05) is 34.2 Å².